The normalized spacial score (nSPS) is 20.0. The standard InChI is InChI=1S/C12H13BrO2/c1-7(2)10-5-8-3-4-9(13)6-11(8)15-12(10)14/h3-4,6-7,10H,5H2,1-2H3/t10-/m0/s1. The van der Waals surface area contributed by atoms with Crippen LogP contribution in [-0.4, -0.2) is 5.97 Å². The first-order valence-corrected chi connectivity index (χ1v) is 5.87. The van der Waals surface area contributed by atoms with E-state index in [0.29, 0.717) is 11.7 Å². The van der Waals surface area contributed by atoms with Gasteiger partial charge in [0.25, 0.3) is 0 Å². The first-order valence-electron chi connectivity index (χ1n) is 5.08. The first-order chi connectivity index (χ1) is 7.08. The maximum atomic E-state index is 11.7. The summed E-state index contributed by atoms with van der Waals surface area (Å²) in [4.78, 5) is 11.7. The van der Waals surface area contributed by atoms with E-state index in [1.165, 1.54) is 0 Å². The van der Waals surface area contributed by atoms with Crippen molar-refractivity contribution in [3.8, 4) is 5.75 Å². The third-order valence-corrected chi connectivity index (χ3v) is 3.28. The summed E-state index contributed by atoms with van der Waals surface area (Å²) in [6.45, 7) is 4.10. The minimum atomic E-state index is -0.101. The van der Waals surface area contributed by atoms with Crippen LogP contribution in [0.5, 0.6) is 5.75 Å². The Bertz CT molecular complexity index is 399. The van der Waals surface area contributed by atoms with E-state index in [1.54, 1.807) is 0 Å². The van der Waals surface area contributed by atoms with Gasteiger partial charge in [-0.05, 0) is 30.0 Å². The number of hydrogen-bond acceptors (Lipinski definition) is 2. The van der Waals surface area contributed by atoms with Gasteiger partial charge in [-0.15, -0.1) is 0 Å². The van der Waals surface area contributed by atoms with E-state index in [0.717, 1.165) is 16.5 Å². The second-order valence-corrected chi connectivity index (χ2v) is 5.14. The van der Waals surface area contributed by atoms with Crippen molar-refractivity contribution in [3.05, 3.63) is 28.2 Å². The summed E-state index contributed by atoms with van der Waals surface area (Å²) < 4.78 is 6.26. The van der Waals surface area contributed by atoms with Gasteiger partial charge in [-0.3, -0.25) is 4.79 Å². The summed E-state index contributed by atoms with van der Waals surface area (Å²) in [5, 5.41) is 0. The lowest BCUT2D eigenvalue weighted by atomic mass is 9.87. The van der Waals surface area contributed by atoms with Crippen LogP contribution in [0.3, 0.4) is 0 Å². The van der Waals surface area contributed by atoms with Crippen LogP contribution in [0.15, 0.2) is 22.7 Å². The van der Waals surface area contributed by atoms with E-state index in [1.807, 2.05) is 18.2 Å². The number of esters is 1. The Morgan fingerprint density at radius 2 is 2.20 bits per heavy atom. The summed E-state index contributed by atoms with van der Waals surface area (Å²) in [7, 11) is 0. The number of benzene rings is 1. The summed E-state index contributed by atoms with van der Waals surface area (Å²) in [5.41, 5.74) is 1.12. The van der Waals surface area contributed by atoms with E-state index < -0.39 is 0 Å². The molecule has 1 aromatic rings. The van der Waals surface area contributed by atoms with Crippen LogP contribution in [0.4, 0.5) is 0 Å². The Balaban J connectivity index is 2.34. The van der Waals surface area contributed by atoms with Gasteiger partial charge in [0.2, 0.25) is 0 Å². The number of carbonyl (C=O) groups excluding carboxylic acids is 1. The molecule has 0 unspecified atom stereocenters. The van der Waals surface area contributed by atoms with Crippen molar-refractivity contribution in [1.82, 2.24) is 0 Å². The predicted octanol–water partition coefficient (Wildman–Crippen LogP) is 3.18. The fourth-order valence-corrected chi connectivity index (χ4v) is 2.14. The first kappa shape index (κ1) is 10.7. The third kappa shape index (κ3) is 2.07. The molecule has 0 saturated carbocycles. The zero-order chi connectivity index (χ0) is 11.0. The van der Waals surface area contributed by atoms with Gasteiger partial charge in [-0.25, -0.2) is 0 Å². The SMILES string of the molecule is CC(C)[C@@H]1Cc2ccc(Br)cc2OC1=O. The van der Waals surface area contributed by atoms with Crippen LogP contribution in [0.1, 0.15) is 19.4 Å². The molecule has 3 heteroatoms. The highest BCUT2D eigenvalue weighted by Crippen LogP contribution is 2.33. The van der Waals surface area contributed by atoms with Gasteiger partial charge in [0.1, 0.15) is 5.75 Å². The Kier molecular flexibility index (Phi) is 2.83. The molecule has 2 rings (SSSR count). The molecule has 0 N–H and O–H groups in total. The minimum absolute atomic E-state index is 0.00123. The molecule has 2 nitrogen and oxygen atoms in total. The van der Waals surface area contributed by atoms with E-state index in [9.17, 15) is 4.79 Å². The topological polar surface area (TPSA) is 26.3 Å². The van der Waals surface area contributed by atoms with Crippen LogP contribution < -0.4 is 4.74 Å². The zero-order valence-electron chi connectivity index (χ0n) is 8.79. The Morgan fingerprint density at radius 3 is 2.87 bits per heavy atom. The Morgan fingerprint density at radius 1 is 1.47 bits per heavy atom. The van der Waals surface area contributed by atoms with Gasteiger partial charge in [0.15, 0.2) is 0 Å². The van der Waals surface area contributed by atoms with Gasteiger partial charge in [-0.1, -0.05) is 35.8 Å². The highest BCUT2D eigenvalue weighted by atomic mass is 79.9. The van der Waals surface area contributed by atoms with E-state index in [2.05, 4.69) is 29.8 Å². The maximum Gasteiger partial charge on any atom is 0.314 e. The second kappa shape index (κ2) is 3.97. The van der Waals surface area contributed by atoms with Crippen molar-refractivity contribution in [1.29, 1.82) is 0 Å². The van der Waals surface area contributed by atoms with Gasteiger partial charge in [-0.2, -0.15) is 0 Å². The molecule has 80 valence electrons. The molecule has 0 fully saturated rings. The quantitative estimate of drug-likeness (QED) is 0.578. The lowest BCUT2D eigenvalue weighted by Gasteiger charge is -2.25. The van der Waals surface area contributed by atoms with Crippen LogP contribution in [0.2, 0.25) is 0 Å². The highest BCUT2D eigenvalue weighted by Gasteiger charge is 2.30. The summed E-state index contributed by atoms with van der Waals surface area (Å²) in [6, 6.07) is 5.85. The minimum Gasteiger partial charge on any atom is -0.426 e. The maximum absolute atomic E-state index is 11.7. The fourth-order valence-electron chi connectivity index (χ4n) is 1.80. The molecule has 0 bridgehead atoms. The van der Waals surface area contributed by atoms with Gasteiger partial charge in [0, 0.05) is 4.47 Å². The molecule has 0 radical (unpaired) electrons. The van der Waals surface area contributed by atoms with Crippen molar-refractivity contribution < 1.29 is 9.53 Å². The van der Waals surface area contributed by atoms with Crippen molar-refractivity contribution in [2.75, 3.05) is 0 Å². The summed E-state index contributed by atoms with van der Waals surface area (Å²) >= 11 is 3.36. The molecular formula is C12H13BrO2. The smallest absolute Gasteiger partial charge is 0.314 e. The molecule has 1 heterocycles. The van der Waals surface area contributed by atoms with Gasteiger partial charge in [0.05, 0.1) is 5.92 Å². The van der Waals surface area contributed by atoms with E-state index in [4.69, 9.17) is 4.74 Å². The van der Waals surface area contributed by atoms with E-state index >= 15 is 0 Å². The molecule has 0 amide bonds. The molecule has 1 aromatic carbocycles. The van der Waals surface area contributed by atoms with Crippen molar-refractivity contribution in [3.63, 3.8) is 0 Å². The molecule has 0 aliphatic carbocycles. The Labute approximate surface area is 97.8 Å². The number of rotatable bonds is 1. The number of carbonyl (C=O) groups is 1. The largest absolute Gasteiger partial charge is 0.426 e. The van der Waals surface area contributed by atoms with Gasteiger partial charge < -0.3 is 4.74 Å². The van der Waals surface area contributed by atoms with Crippen LogP contribution >= 0.6 is 15.9 Å². The number of fused-ring (bicyclic) bond motifs is 1. The molecular weight excluding hydrogens is 256 g/mol. The number of hydrogen-bond donors (Lipinski definition) is 0. The lowest BCUT2D eigenvalue weighted by molar-refractivity contribution is -0.141. The number of ether oxygens (including phenoxy) is 1. The number of halogens is 1. The summed E-state index contributed by atoms with van der Waals surface area (Å²) in [5.74, 6) is 0.926. The average Bonchev–Trinajstić information content (AvgIpc) is 2.15. The summed E-state index contributed by atoms with van der Waals surface area (Å²) in [6.07, 6.45) is 0.791. The lowest BCUT2D eigenvalue weighted by Crippen LogP contribution is -2.31. The highest BCUT2D eigenvalue weighted by molar-refractivity contribution is 9.10. The van der Waals surface area contributed by atoms with Crippen molar-refractivity contribution in [2.24, 2.45) is 11.8 Å². The molecule has 1 aliphatic rings. The molecule has 0 saturated heterocycles. The molecule has 1 atom stereocenters. The molecule has 1 aliphatic heterocycles. The molecule has 15 heavy (non-hydrogen) atoms. The Hall–Kier alpha value is -0.830. The van der Waals surface area contributed by atoms with Crippen LogP contribution in [-0.2, 0) is 11.2 Å². The van der Waals surface area contributed by atoms with Crippen molar-refractivity contribution in [2.45, 2.75) is 20.3 Å². The zero-order valence-corrected chi connectivity index (χ0v) is 10.4. The monoisotopic (exact) mass is 268 g/mol. The van der Waals surface area contributed by atoms with Gasteiger partial charge >= 0.3 is 5.97 Å². The molecule has 0 aromatic heterocycles. The fraction of sp³-hybridized carbons (Fsp3) is 0.417. The average molecular weight is 269 g/mol. The third-order valence-electron chi connectivity index (χ3n) is 2.79. The molecule has 0 spiro atoms. The second-order valence-electron chi connectivity index (χ2n) is 4.23. The van der Waals surface area contributed by atoms with E-state index in [-0.39, 0.29) is 11.9 Å². The van der Waals surface area contributed by atoms with Crippen molar-refractivity contribution >= 4 is 21.9 Å². The van der Waals surface area contributed by atoms with Crippen LogP contribution in [0.25, 0.3) is 0 Å². The predicted molar refractivity (Wildman–Crippen MR) is 61.8 cm³/mol. The van der Waals surface area contributed by atoms with Crippen LogP contribution in [0, 0.1) is 11.8 Å².